The molecule has 2 atom stereocenters. The van der Waals surface area contributed by atoms with Gasteiger partial charge in [0.25, 0.3) is 0 Å². The van der Waals surface area contributed by atoms with Gasteiger partial charge in [0.1, 0.15) is 11.6 Å². The van der Waals surface area contributed by atoms with E-state index < -0.39 is 0 Å². The standard InChI is InChI=1S/C14H22FNO/c1-4-5-10(2)9-17-14-7-6-12(15)8-13(14)11(3)16/h6-8,10-11H,4-5,9,16H2,1-3H3/t10?,11-/m0/s1. The predicted octanol–water partition coefficient (Wildman–Crippen LogP) is 3.66. The first-order chi connectivity index (χ1) is 8.04. The van der Waals surface area contributed by atoms with E-state index in [0.29, 0.717) is 18.3 Å². The SMILES string of the molecule is CCCC(C)COc1ccc(F)cc1[C@H](C)N. The zero-order valence-electron chi connectivity index (χ0n) is 10.9. The van der Waals surface area contributed by atoms with Crippen LogP contribution in [0.3, 0.4) is 0 Å². The fourth-order valence-electron chi connectivity index (χ4n) is 1.81. The van der Waals surface area contributed by atoms with Gasteiger partial charge in [0, 0.05) is 11.6 Å². The lowest BCUT2D eigenvalue weighted by atomic mass is 10.1. The minimum Gasteiger partial charge on any atom is -0.493 e. The molecule has 96 valence electrons. The Labute approximate surface area is 103 Å². The Kier molecular flexibility index (Phi) is 5.42. The maximum atomic E-state index is 13.1. The van der Waals surface area contributed by atoms with E-state index in [-0.39, 0.29) is 11.9 Å². The Morgan fingerprint density at radius 1 is 1.35 bits per heavy atom. The third-order valence-corrected chi connectivity index (χ3v) is 2.77. The molecule has 2 nitrogen and oxygen atoms in total. The Balaban J connectivity index is 2.70. The first-order valence-corrected chi connectivity index (χ1v) is 6.22. The van der Waals surface area contributed by atoms with E-state index in [2.05, 4.69) is 13.8 Å². The predicted molar refractivity (Wildman–Crippen MR) is 68.6 cm³/mol. The summed E-state index contributed by atoms with van der Waals surface area (Å²) in [5, 5.41) is 0. The van der Waals surface area contributed by atoms with E-state index in [1.165, 1.54) is 12.1 Å². The molecule has 1 aromatic rings. The highest BCUT2D eigenvalue weighted by Crippen LogP contribution is 2.25. The monoisotopic (exact) mass is 239 g/mol. The van der Waals surface area contributed by atoms with E-state index in [1.807, 2.05) is 6.92 Å². The van der Waals surface area contributed by atoms with Crippen LogP contribution in [0.15, 0.2) is 18.2 Å². The summed E-state index contributed by atoms with van der Waals surface area (Å²) in [6.45, 7) is 6.79. The number of hydrogen-bond donors (Lipinski definition) is 1. The lowest BCUT2D eigenvalue weighted by Crippen LogP contribution is -2.12. The second-order valence-corrected chi connectivity index (χ2v) is 4.68. The van der Waals surface area contributed by atoms with Crippen molar-refractivity contribution in [2.75, 3.05) is 6.61 Å². The Morgan fingerprint density at radius 3 is 2.65 bits per heavy atom. The van der Waals surface area contributed by atoms with Crippen LogP contribution in [-0.4, -0.2) is 6.61 Å². The number of hydrogen-bond acceptors (Lipinski definition) is 2. The highest BCUT2D eigenvalue weighted by molar-refractivity contribution is 5.36. The molecule has 2 N–H and O–H groups in total. The Morgan fingerprint density at radius 2 is 2.06 bits per heavy atom. The number of nitrogens with two attached hydrogens (primary N) is 1. The molecule has 1 aromatic carbocycles. The van der Waals surface area contributed by atoms with E-state index >= 15 is 0 Å². The van der Waals surface area contributed by atoms with Crippen LogP contribution in [0, 0.1) is 11.7 Å². The van der Waals surface area contributed by atoms with Crippen molar-refractivity contribution in [2.45, 2.75) is 39.7 Å². The van der Waals surface area contributed by atoms with Crippen LogP contribution < -0.4 is 10.5 Å². The fraction of sp³-hybridized carbons (Fsp3) is 0.571. The first-order valence-electron chi connectivity index (χ1n) is 6.22. The highest BCUT2D eigenvalue weighted by Gasteiger charge is 2.10. The fourth-order valence-corrected chi connectivity index (χ4v) is 1.81. The van der Waals surface area contributed by atoms with E-state index in [9.17, 15) is 4.39 Å². The van der Waals surface area contributed by atoms with Crippen molar-refractivity contribution in [3.05, 3.63) is 29.6 Å². The molecule has 0 fully saturated rings. The lowest BCUT2D eigenvalue weighted by molar-refractivity contribution is 0.248. The second-order valence-electron chi connectivity index (χ2n) is 4.68. The Bertz CT molecular complexity index is 352. The third kappa shape index (κ3) is 4.35. The molecule has 3 heteroatoms. The van der Waals surface area contributed by atoms with Gasteiger partial charge in [-0.25, -0.2) is 4.39 Å². The molecule has 17 heavy (non-hydrogen) atoms. The van der Waals surface area contributed by atoms with Crippen LogP contribution in [0.5, 0.6) is 5.75 Å². The van der Waals surface area contributed by atoms with Gasteiger partial charge in [-0.3, -0.25) is 0 Å². The quantitative estimate of drug-likeness (QED) is 0.822. The molecule has 0 aliphatic rings. The topological polar surface area (TPSA) is 35.2 Å². The summed E-state index contributed by atoms with van der Waals surface area (Å²) in [4.78, 5) is 0. The van der Waals surface area contributed by atoms with Crippen molar-refractivity contribution >= 4 is 0 Å². The van der Waals surface area contributed by atoms with Gasteiger partial charge in [-0.2, -0.15) is 0 Å². The molecule has 0 aliphatic carbocycles. The average molecular weight is 239 g/mol. The number of benzene rings is 1. The van der Waals surface area contributed by atoms with Crippen molar-refractivity contribution in [2.24, 2.45) is 11.7 Å². The van der Waals surface area contributed by atoms with Crippen LogP contribution in [0.4, 0.5) is 4.39 Å². The van der Waals surface area contributed by atoms with Crippen LogP contribution in [0.2, 0.25) is 0 Å². The zero-order valence-corrected chi connectivity index (χ0v) is 10.9. The summed E-state index contributed by atoms with van der Waals surface area (Å²) in [5.74, 6) is 0.932. The summed E-state index contributed by atoms with van der Waals surface area (Å²) in [6, 6.07) is 4.30. The first kappa shape index (κ1) is 14.0. The molecule has 1 unspecified atom stereocenters. The van der Waals surface area contributed by atoms with Gasteiger partial charge >= 0.3 is 0 Å². The minimum absolute atomic E-state index is 0.220. The van der Waals surface area contributed by atoms with Gasteiger partial charge in [0.2, 0.25) is 0 Å². The number of halogens is 1. The van der Waals surface area contributed by atoms with Crippen molar-refractivity contribution in [3.63, 3.8) is 0 Å². The van der Waals surface area contributed by atoms with E-state index in [4.69, 9.17) is 10.5 Å². The van der Waals surface area contributed by atoms with Gasteiger partial charge in [-0.1, -0.05) is 20.3 Å². The molecule has 0 saturated carbocycles. The van der Waals surface area contributed by atoms with Gasteiger partial charge in [-0.15, -0.1) is 0 Å². The molecule has 0 saturated heterocycles. The van der Waals surface area contributed by atoms with Gasteiger partial charge in [0.05, 0.1) is 6.61 Å². The van der Waals surface area contributed by atoms with Crippen molar-refractivity contribution in [3.8, 4) is 5.75 Å². The lowest BCUT2D eigenvalue weighted by Gasteiger charge is -2.16. The number of rotatable bonds is 6. The second kappa shape index (κ2) is 6.60. The Hall–Kier alpha value is -1.09. The maximum Gasteiger partial charge on any atom is 0.124 e. The van der Waals surface area contributed by atoms with Crippen molar-refractivity contribution in [1.29, 1.82) is 0 Å². The van der Waals surface area contributed by atoms with E-state index in [1.54, 1.807) is 6.07 Å². The highest BCUT2D eigenvalue weighted by atomic mass is 19.1. The van der Waals surface area contributed by atoms with Crippen LogP contribution in [0.1, 0.15) is 45.2 Å². The van der Waals surface area contributed by atoms with E-state index in [0.717, 1.165) is 18.4 Å². The van der Waals surface area contributed by atoms with Crippen LogP contribution in [-0.2, 0) is 0 Å². The molecule has 1 rings (SSSR count). The molecular formula is C14H22FNO. The number of ether oxygens (including phenoxy) is 1. The van der Waals surface area contributed by atoms with Gasteiger partial charge in [0.15, 0.2) is 0 Å². The molecular weight excluding hydrogens is 217 g/mol. The van der Waals surface area contributed by atoms with Crippen molar-refractivity contribution in [1.82, 2.24) is 0 Å². The van der Waals surface area contributed by atoms with Gasteiger partial charge < -0.3 is 10.5 Å². The average Bonchev–Trinajstić information content (AvgIpc) is 2.27. The maximum absolute atomic E-state index is 13.1. The molecule has 0 bridgehead atoms. The summed E-state index contributed by atoms with van der Waals surface area (Å²) in [6.07, 6.45) is 2.28. The molecule has 0 spiro atoms. The minimum atomic E-state index is -0.272. The smallest absolute Gasteiger partial charge is 0.124 e. The normalized spacial score (nSPS) is 14.4. The summed E-state index contributed by atoms with van der Waals surface area (Å²) >= 11 is 0. The molecule has 0 aromatic heterocycles. The largest absolute Gasteiger partial charge is 0.493 e. The molecule has 0 heterocycles. The molecule has 0 aliphatic heterocycles. The third-order valence-electron chi connectivity index (χ3n) is 2.77. The van der Waals surface area contributed by atoms with Gasteiger partial charge in [-0.05, 0) is 37.5 Å². The molecule has 0 amide bonds. The van der Waals surface area contributed by atoms with Crippen LogP contribution in [0.25, 0.3) is 0 Å². The zero-order chi connectivity index (χ0) is 12.8. The summed E-state index contributed by atoms with van der Waals surface area (Å²) in [7, 11) is 0. The van der Waals surface area contributed by atoms with Crippen molar-refractivity contribution < 1.29 is 9.13 Å². The molecule has 0 radical (unpaired) electrons. The van der Waals surface area contributed by atoms with Crippen LogP contribution >= 0.6 is 0 Å². The summed E-state index contributed by atoms with van der Waals surface area (Å²) < 4.78 is 18.8. The summed E-state index contributed by atoms with van der Waals surface area (Å²) in [5.41, 5.74) is 6.53.